The normalized spacial score (nSPS) is 27.4. The van der Waals surface area contributed by atoms with Gasteiger partial charge in [-0.15, -0.1) is 0 Å². The number of nitrogens with zero attached hydrogens (tertiary/aromatic N) is 2. The quantitative estimate of drug-likeness (QED) is 0.912. The largest absolute Gasteiger partial charge is 0.371 e. The molecular formula is C17H27N3. The Kier molecular flexibility index (Phi) is 4.27. The Labute approximate surface area is 123 Å². The maximum Gasteiger partial charge on any atom is 0.0411 e. The van der Waals surface area contributed by atoms with Gasteiger partial charge in [-0.25, -0.2) is 0 Å². The van der Waals surface area contributed by atoms with Crippen molar-refractivity contribution in [3.8, 4) is 0 Å². The highest BCUT2D eigenvalue weighted by Gasteiger charge is 2.34. The van der Waals surface area contributed by atoms with Crippen LogP contribution in [0.3, 0.4) is 0 Å². The maximum atomic E-state index is 3.29. The lowest BCUT2D eigenvalue weighted by Gasteiger charge is -2.47. The van der Waals surface area contributed by atoms with Crippen LogP contribution in [0.5, 0.6) is 0 Å². The van der Waals surface area contributed by atoms with Gasteiger partial charge in [0.05, 0.1) is 0 Å². The number of rotatable bonds is 3. The first-order valence-electron chi connectivity index (χ1n) is 7.97. The lowest BCUT2D eigenvalue weighted by molar-refractivity contribution is 0.102. The van der Waals surface area contributed by atoms with E-state index in [2.05, 4.69) is 46.4 Å². The lowest BCUT2D eigenvalue weighted by atomic mass is 9.84. The van der Waals surface area contributed by atoms with E-state index in [0.29, 0.717) is 0 Å². The van der Waals surface area contributed by atoms with Crippen LogP contribution in [0.2, 0.25) is 0 Å². The molecule has 2 atom stereocenters. The molecule has 20 heavy (non-hydrogen) atoms. The molecular weight excluding hydrogens is 246 g/mol. The summed E-state index contributed by atoms with van der Waals surface area (Å²) in [6, 6.07) is 9.69. The molecule has 1 aromatic carbocycles. The smallest absolute Gasteiger partial charge is 0.0411 e. The molecule has 0 saturated carbocycles. The zero-order valence-electron chi connectivity index (χ0n) is 12.8. The van der Waals surface area contributed by atoms with Crippen LogP contribution in [-0.4, -0.2) is 44.7 Å². The van der Waals surface area contributed by atoms with Gasteiger partial charge in [0.25, 0.3) is 0 Å². The summed E-state index contributed by atoms with van der Waals surface area (Å²) in [6.07, 6.45) is 4.08. The van der Waals surface area contributed by atoms with E-state index in [1.165, 1.54) is 50.1 Å². The van der Waals surface area contributed by atoms with Crippen molar-refractivity contribution in [2.45, 2.75) is 31.8 Å². The van der Waals surface area contributed by atoms with Crippen LogP contribution in [0.1, 0.15) is 24.8 Å². The highest BCUT2D eigenvalue weighted by Crippen LogP contribution is 2.33. The molecule has 0 bridgehead atoms. The molecule has 2 heterocycles. The van der Waals surface area contributed by atoms with Crippen LogP contribution in [-0.2, 0) is 6.54 Å². The lowest BCUT2D eigenvalue weighted by Crippen LogP contribution is -2.52. The summed E-state index contributed by atoms with van der Waals surface area (Å²) in [5.41, 5.74) is 2.87. The minimum atomic E-state index is 0.816. The number of fused-ring (bicyclic) bond motifs is 1. The topological polar surface area (TPSA) is 18.5 Å². The predicted octanol–water partition coefficient (Wildman–Crippen LogP) is 2.33. The van der Waals surface area contributed by atoms with E-state index in [1.54, 1.807) is 0 Å². The summed E-state index contributed by atoms with van der Waals surface area (Å²) in [5, 5.41) is 3.29. The van der Waals surface area contributed by atoms with E-state index >= 15 is 0 Å². The fourth-order valence-electron chi connectivity index (χ4n) is 4.03. The van der Waals surface area contributed by atoms with Gasteiger partial charge in [-0.3, -0.25) is 0 Å². The number of anilines is 1. The van der Waals surface area contributed by atoms with Crippen LogP contribution in [0.25, 0.3) is 0 Å². The molecule has 2 unspecified atom stereocenters. The summed E-state index contributed by atoms with van der Waals surface area (Å²) < 4.78 is 0. The van der Waals surface area contributed by atoms with Crippen molar-refractivity contribution in [2.24, 2.45) is 5.92 Å². The van der Waals surface area contributed by atoms with Gasteiger partial charge in [-0.1, -0.05) is 18.2 Å². The molecule has 0 radical (unpaired) electrons. The number of hydrogen-bond acceptors (Lipinski definition) is 3. The zero-order valence-corrected chi connectivity index (χ0v) is 12.8. The van der Waals surface area contributed by atoms with Crippen LogP contribution < -0.4 is 10.2 Å². The van der Waals surface area contributed by atoms with Crippen LogP contribution in [0.4, 0.5) is 5.69 Å². The van der Waals surface area contributed by atoms with E-state index < -0.39 is 0 Å². The standard InChI is InChI=1S/C17H27N3/c1-18-12-14-6-3-4-8-17(14)20-11-9-16-15(13-20)7-5-10-19(16)2/h3-4,6,8,15-16,18H,5,7,9-13H2,1-2H3. The number of benzene rings is 1. The molecule has 0 aliphatic carbocycles. The van der Waals surface area contributed by atoms with Gasteiger partial charge in [0.15, 0.2) is 0 Å². The van der Waals surface area contributed by atoms with Gasteiger partial charge in [0.2, 0.25) is 0 Å². The van der Waals surface area contributed by atoms with E-state index in [9.17, 15) is 0 Å². The second-order valence-electron chi connectivity index (χ2n) is 6.34. The third kappa shape index (κ3) is 2.70. The predicted molar refractivity (Wildman–Crippen MR) is 85.2 cm³/mol. The van der Waals surface area contributed by atoms with E-state index in [-0.39, 0.29) is 0 Å². The fraction of sp³-hybridized carbons (Fsp3) is 0.647. The second kappa shape index (κ2) is 6.15. The Morgan fingerprint density at radius 3 is 2.90 bits per heavy atom. The summed E-state index contributed by atoms with van der Waals surface area (Å²) in [7, 11) is 4.33. The Morgan fingerprint density at radius 2 is 2.05 bits per heavy atom. The van der Waals surface area contributed by atoms with Crippen molar-refractivity contribution in [3.05, 3.63) is 29.8 Å². The second-order valence-corrected chi connectivity index (χ2v) is 6.34. The van der Waals surface area contributed by atoms with Crippen molar-refractivity contribution < 1.29 is 0 Å². The molecule has 0 spiro atoms. The highest BCUT2D eigenvalue weighted by molar-refractivity contribution is 5.54. The van der Waals surface area contributed by atoms with Crippen LogP contribution in [0.15, 0.2) is 24.3 Å². The van der Waals surface area contributed by atoms with Gasteiger partial charge in [-0.05, 0) is 57.5 Å². The van der Waals surface area contributed by atoms with Crippen molar-refractivity contribution in [1.82, 2.24) is 10.2 Å². The third-order valence-electron chi connectivity index (χ3n) is 5.05. The molecule has 1 aromatic rings. The molecule has 3 nitrogen and oxygen atoms in total. The number of hydrogen-bond donors (Lipinski definition) is 1. The Hall–Kier alpha value is -1.06. The summed E-state index contributed by atoms with van der Waals surface area (Å²) in [6.45, 7) is 4.68. The molecule has 2 saturated heterocycles. The molecule has 2 fully saturated rings. The van der Waals surface area contributed by atoms with Gasteiger partial charge < -0.3 is 15.1 Å². The number of para-hydroxylation sites is 1. The minimum absolute atomic E-state index is 0.816. The average molecular weight is 273 g/mol. The maximum absolute atomic E-state index is 3.29. The Morgan fingerprint density at radius 1 is 1.20 bits per heavy atom. The zero-order chi connectivity index (χ0) is 13.9. The number of piperidine rings is 2. The monoisotopic (exact) mass is 273 g/mol. The van der Waals surface area contributed by atoms with Crippen LogP contribution in [0, 0.1) is 5.92 Å². The molecule has 3 rings (SSSR count). The van der Waals surface area contributed by atoms with Gasteiger partial charge >= 0.3 is 0 Å². The van der Waals surface area contributed by atoms with E-state index in [0.717, 1.165) is 18.5 Å². The van der Waals surface area contributed by atoms with Crippen molar-refractivity contribution >= 4 is 5.69 Å². The molecule has 1 N–H and O–H groups in total. The Bertz CT molecular complexity index is 446. The van der Waals surface area contributed by atoms with Crippen LogP contribution >= 0.6 is 0 Å². The summed E-state index contributed by atoms with van der Waals surface area (Å²) in [4.78, 5) is 5.21. The molecule has 0 aromatic heterocycles. The SMILES string of the molecule is CNCc1ccccc1N1CCC2C(CCCN2C)C1. The molecule has 2 aliphatic rings. The molecule has 2 aliphatic heterocycles. The first-order valence-corrected chi connectivity index (χ1v) is 7.97. The van der Waals surface area contributed by atoms with Crippen molar-refractivity contribution in [2.75, 3.05) is 38.6 Å². The highest BCUT2D eigenvalue weighted by atomic mass is 15.2. The fourth-order valence-corrected chi connectivity index (χ4v) is 4.03. The molecule has 0 amide bonds. The Balaban J connectivity index is 1.76. The first kappa shape index (κ1) is 13.9. The van der Waals surface area contributed by atoms with E-state index in [1.807, 2.05) is 7.05 Å². The molecule has 110 valence electrons. The van der Waals surface area contributed by atoms with Crippen molar-refractivity contribution in [3.63, 3.8) is 0 Å². The number of nitrogens with one attached hydrogen (secondary N) is 1. The van der Waals surface area contributed by atoms with Gasteiger partial charge in [0, 0.05) is 31.4 Å². The third-order valence-corrected chi connectivity index (χ3v) is 5.05. The average Bonchev–Trinajstić information content (AvgIpc) is 2.48. The van der Waals surface area contributed by atoms with Gasteiger partial charge in [-0.2, -0.15) is 0 Å². The molecule has 3 heteroatoms. The van der Waals surface area contributed by atoms with Gasteiger partial charge in [0.1, 0.15) is 0 Å². The summed E-state index contributed by atoms with van der Waals surface area (Å²) in [5.74, 6) is 0.852. The first-order chi connectivity index (χ1) is 9.79. The summed E-state index contributed by atoms with van der Waals surface area (Å²) >= 11 is 0. The minimum Gasteiger partial charge on any atom is -0.371 e. The van der Waals surface area contributed by atoms with E-state index in [4.69, 9.17) is 0 Å². The number of likely N-dealkylation sites (tertiary alicyclic amines) is 1. The van der Waals surface area contributed by atoms with Crippen molar-refractivity contribution in [1.29, 1.82) is 0 Å².